The number of rotatable bonds is 1. The van der Waals surface area contributed by atoms with E-state index in [2.05, 4.69) is 0 Å². The number of nitrogen functional groups attached to an aromatic ring is 1. The van der Waals surface area contributed by atoms with Gasteiger partial charge >= 0.3 is 0 Å². The SMILES string of the molecule is Cc1cccc(N)c1-c1ccc(F)cc1Cl. The molecule has 16 heavy (non-hydrogen) atoms. The van der Waals surface area contributed by atoms with Crippen LogP contribution in [0.1, 0.15) is 5.56 Å². The van der Waals surface area contributed by atoms with Gasteiger partial charge in [-0.05, 0) is 36.8 Å². The second kappa shape index (κ2) is 4.14. The van der Waals surface area contributed by atoms with Crippen molar-refractivity contribution in [3.8, 4) is 11.1 Å². The molecule has 82 valence electrons. The third-order valence-electron chi connectivity index (χ3n) is 2.51. The lowest BCUT2D eigenvalue weighted by molar-refractivity contribution is 0.628. The number of anilines is 1. The van der Waals surface area contributed by atoms with Crippen molar-refractivity contribution in [1.29, 1.82) is 0 Å². The van der Waals surface area contributed by atoms with Crippen LogP contribution >= 0.6 is 11.6 Å². The predicted molar refractivity (Wildman–Crippen MR) is 66.0 cm³/mol. The molecule has 2 aromatic rings. The smallest absolute Gasteiger partial charge is 0.124 e. The first-order chi connectivity index (χ1) is 7.59. The first-order valence-corrected chi connectivity index (χ1v) is 5.28. The molecule has 2 N–H and O–H groups in total. The summed E-state index contributed by atoms with van der Waals surface area (Å²) in [5.41, 5.74) is 9.21. The van der Waals surface area contributed by atoms with Crippen LogP contribution in [0.25, 0.3) is 11.1 Å². The molecular formula is C13H11ClFN. The Morgan fingerprint density at radius 1 is 1.19 bits per heavy atom. The van der Waals surface area contributed by atoms with Crippen molar-refractivity contribution in [2.45, 2.75) is 6.92 Å². The Morgan fingerprint density at radius 3 is 2.56 bits per heavy atom. The lowest BCUT2D eigenvalue weighted by Gasteiger charge is -2.11. The number of aryl methyl sites for hydroxylation is 1. The molecule has 2 aromatic carbocycles. The molecule has 0 saturated heterocycles. The van der Waals surface area contributed by atoms with Gasteiger partial charge in [-0.1, -0.05) is 23.7 Å². The van der Waals surface area contributed by atoms with Crippen LogP contribution < -0.4 is 5.73 Å². The molecule has 0 aliphatic rings. The fourth-order valence-corrected chi connectivity index (χ4v) is 2.01. The number of hydrogen-bond acceptors (Lipinski definition) is 1. The van der Waals surface area contributed by atoms with Crippen molar-refractivity contribution in [2.24, 2.45) is 0 Å². The van der Waals surface area contributed by atoms with E-state index in [4.69, 9.17) is 17.3 Å². The summed E-state index contributed by atoms with van der Waals surface area (Å²) in [5.74, 6) is -0.346. The maximum atomic E-state index is 12.9. The summed E-state index contributed by atoms with van der Waals surface area (Å²) in [6.45, 7) is 1.95. The molecule has 0 aliphatic heterocycles. The number of nitrogens with two attached hydrogens (primary N) is 1. The van der Waals surface area contributed by atoms with Gasteiger partial charge in [0.15, 0.2) is 0 Å². The molecule has 0 amide bonds. The molecule has 0 spiro atoms. The molecule has 0 heterocycles. The first-order valence-electron chi connectivity index (χ1n) is 4.90. The standard InChI is InChI=1S/C13H11ClFN/c1-8-3-2-4-12(16)13(8)10-6-5-9(15)7-11(10)14/h2-7H,16H2,1H3. The van der Waals surface area contributed by atoms with Crippen LogP contribution in [0.2, 0.25) is 5.02 Å². The summed E-state index contributed by atoms with van der Waals surface area (Å²) in [5, 5.41) is 0.376. The highest BCUT2D eigenvalue weighted by atomic mass is 35.5. The van der Waals surface area contributed by atoms with E-state index < -0.39 is 0 Å². The number of halogens is 2. The van der Waals surface area contributed by atoms with Gasteiger partial charge in [-0.3, -0.25) is 0 Å². The maximum absolute atomic E-state index is 12.9. The quantitative estimate of drug-likeness (QED) is 0.742. The molecule has 0 atom stereocenters. The Labute approximate surface area is 98.7 Å². The minimum Gasteiger partial charge on any atom is -0.398 e. The van der Waals surface area contributed by atoms with Crippen molar-refractivity contribution in [3.05, 3.63) is 52.8 Å². The molecule has 0 unspecified atom stereocenters. The predicted octanol–water partition coefficient (Wildman–Crippen LogP) is 4.04. The molecule has 3 heteroatoms. The van der Waals surface area contributed by atoms with Crippen LogP contribution in [0, 0.1) is 12.7 Å². The Hall–Kier alpha value is -1.54. The molecule has 2 rings (SSSR count). The summed E-state index contributed by atoms with van der Waals surface area (Å²) in [7, 11) is 0. The highest BCUT2D eigenvalue weighted by molar-refractivity contribution is 6.33. The Bertz CT molecular complexity index is 517. The van der Waals surface area contributed by atoms with Gasteiger partial charge in [-0.25, -0.2) is 4.39 Å². The van der Waals surface area contributed by atoms with E-state index in [9.17, 15) is 4.39 Å². The fourth-order valence-electron chi connectivity index (χ4n) is 1.75. The molecule has 0 aromatic heterocycles. The van der Waals surface area contributed by atoms with Gasteiger partial charge in [-0.2, -0.15) is 0 Å². The summed E-state index contributed by atoms with van der Waals surface area (Å²) in [4.78, 5) is 0. The lowest BCUT2D eigenvalue weighted by atomic mass is 9.99. The minimum atomic E-state index is -0.346. The van der Waals surface area contributed by atoms with Crippen molar-refractivity contribution in [1.82, 2.24) is 0 Å². The normalized spacial score (nSPS) is 10.4. The van der Waals surface area contributed by atoms with Crippen molar-refractivity contribution >= 4 is 17.3 Å². The van der Waals surface area contributed by atoms with E-state index in [1.807, 2.05) is 25.1 Å². The van der Waals surface area contributed by atoms with E-state index in [0.29, 0.717) is 10.7 Å². The zero-order valence-electron chi connectivity index (χ0n) is 8.80. The monoisotopic (exact) mass is 235 g/mol. The van der Waals surface area contributed by atoms with Gasteiger partial charge in [0, 0.05) is 16.8 Å². The number of benzene rings is 2. The Kier molecular flexibility index (Phi) is 2.84. The van der Waals surface area contributed by atoms with Gasteiger partial charge < -0.3 is 5.73 Å². The average Bonchev–Trinajstić information content (AvgIpc) is 2.20. The average molecular weight is 236 g/mol. The largest absolute Gasteiger partial charge is 0.398 e. The number of hydrogen-bond donors (Lipinski definition) is 1. The molecule has 0 bridgehead atoms. The Balaban J connectivity index is 2.68. The molecular weight excluding hydrogens is 225 g/mol. The van der Waals surface area contributed by atoms with Crippen molar-refractivity contribution in [3.63, 3.8) is 0 Å². The van der Waals surface area contributed by atoms with Crippen LogP contribution in [0.15, 0.2) is 36.4 Å². The second-order valence-electron chi connectivity index (χ2n) is 3.66. The summed E-state index contributed by atoms with van der Waals surface area (Å²) < 4.78 is 12.9. The van der Waals surface area contributed by atoms with Gasteiger partial charge in [0.2, 0.25) is 0 Å². The maximum Gasteiger partial charge on any atom is 0.124 e. The van der Waals surface area contributed by atoms with Gasteiger partial charge in [0.25, 0.3) is 0 Å². The van der Waals surface area contributed by atoms with Gasteiger partial charge in [-0.15, -0.1) is 0 Å². The van der Waals surface area contributed by atoms with E-state index in [1.54, 1.807) is 6.07 Å². The first kappa shape index (κ1) is 11.0. The van der Waals surface area contributed by atoms with E-state index in [1.165, 1.54) is 12.1 Å². The highest BCUT2D eigenvalue weighted by Gasteiger charge is 2.10. The zero-order chi connectivity index (χ0) is 11.7. The molecule has 0 saturated carbocycles. The highest BCUT2D eigenvalue weighted by Crippen LogP contribution is 2.34. The van der Waals surface area contributed by atoms with E-state index >= 15 is 0 Å². The molecule has 0 radical (unpaired) electrons. The van der Waals surface area contributed by atoms with Crippen LogP contribution in [-0.4, -0.2) is 0 Å². The second-order valence-corrected chi connectivity index (χ2v) is 4.07. The van der Waals surface area contributed by atoms with Crippen LogP contribution in [-0.2, 0) is 0 Å². The van der Waals surface area contributed by atoms with Crippen molar-refractivity contribution < 1.29 is 4.39 Å². The van der Waals surface area contributed by atoms with Crippen molar-refractivity contribution in [2.75, 3.05) is 5.73 Å². The van der Waals surface area contributed by atoms with Gasteiger partial charge in [0.05, 0.1) is 5.02 Å². The van der Waals surface area contributed by atoms with Crippen LogP contribution in [0.4, 0.5) is 10.1 Å². The third-order valence-corrected chi connectivity index (χ3v) is 2.82. The summed E-state index contributed by atoms with van der Waals surface area (Å²) in [6.07, 6.45) is 0. The molecule has 0 fully saturated rings. The fraction of sp³-hybridized carbons (Fsp3) is 0.0769. The molecule has 1 nitrogen and oxygen atoms in total. The minimum absolute atomic E-state index is 0.346. The zero-order valence-corrected chi connectivity index (χ0v) is 9.55. The van der Waals surface area contributed by atoms with Crippen LogP contribution in [0.3, 0.4) is 0 Å². The summed E-state index contributed by atoms with van der Waals surface area (Å²) in [6, 6.07) is 9.96. The Morgan fingerprint density at radius 2 is 1.94 bits per heavy atom. The topological polar surface area (TPSA) is 26.0 Å². The van der Waals surface area contributed by atoms with E-state index in [-0.39, 0.29) is 5.82 Å². The van der Waals surface area contributed by atoms with Crippen LogP contribution in [0.5, 0.6) is 0 Å². The lowest BCUT2D eigenvalue weighted by Crippen LogP contribution is -1.93. The molecule has 0 aliphatic carbocycles. The van der Waals surface area contributed by atoms with Gasteiger partial charge in [0.1, 0.15) is 5.82 Å². The van der Waals surface area contributed by atoms with E-state index in [0.717, 1.165) is 16.7 Å². The summed E-state index contributed by atoms with van der Waals surface area (Å²) >= 11 is 6.01. The third kappa shape index (κ3) is 1.89.